The van der Waals surface area contributed by atoms with Gasteiger partial charge in [0.1, 0.15) is 5.82 Å². The molecule has 0 spiro atoms. The van der Waals surface area contributed by atoms with Crippen LogP contribution in [0.15, 0.2) is 18.2 Å². The van der Waals surface area contributed by atoms with Crippen molar-refractivity contribution in [2.24, 2.45) is 11.8 Å². The summed E-state index contributed by atoms with van der Waals surface area (Å²) in [6.07, 6.45) is 2.64. The highest BCUT2D eigenvalue weighted by atomic mass is 15.1. The molecule has 2 heterocycles. The van der Waals surface area contributed by atoms with Crippen LogP contribution < -0.4 is 5.73 Å². The van der Waals surface area contributed by atoms with Crippen molar-refractivity contribution in [1.82, 2.24) is 9.88 Å². The zero-order valence-corrected chi connectivity index (χ0v) is 10.9. The number of anilines is 1. The van der Waals surface area contributed by atoms with Gasteiger partial charge in [-0.15, -0.1) is 0 Å². The molecule has 0 bridgehead atoms. The number of hydrogen-bond acceptors (Lipinski definition) is 3. The van der Waals surface area contributed by atoms with Crippen molar-refractivity contribution in [2.45, 2.75) is 33.2 Å². The molecule has 0 radical (unpaired) electrons. The van der Waals surface area contributed by atoms with Crippen molar-refractivity contribution in [3.05, 3.63) is 23.9 Å². The Kier molecular flexibility index (Phi) is 4.00. The second kappa shape index (κ2) is 5.50. The topological polar surface area (TPSA) is 42.1 Å². The molecule has 1 aliphatic heterocycles. The van der Waals surface area contributed by atoms with Gasteiger partial charge < -0.3 is 5.73 Å². The lowest BCUT2D eigenvalue weighted by Crippen LogP contribution is -2.35. The first kappa shape index (κ1) is 12.4. The van der Waals surface area contributed by atoms with Crippen molar-refractivity contribution in [1.29, 1.82) is 0 Å². The second-order valence-corrected chi connectivity index (χ2v) is 5.41. The molecule has 1 fully saturated rings. The molecule has 1 saturated heterocycles. The van der Waals surface area contributed by atoms with Gasteiger partial charge in [-0.05, 0) is 49.9 Å². The summed E-state index contributed by atoms with van der Waals surface area (Å²) in [5.74, 6) is 2.35. The molecule has 1 aromatic rings. The third-order valence-electron chi connectivity index (χ3n) is 3.79. The zero-order valence-electron chi connectivity index (χ0n) is 10.9. The summed E-state index contributed by atoms with van der Waals surface area (Å²) < 4.78 is 0. The van der Waals surface area contributed by atoms with Crippen molar-refractivity contribution in [3.8, 4) is 0 Å². The van der Waals surface area contributed by atoms with Crippen LogP contribution in [-0.4, -0.2) is 23.0 Å². The van der Waals surface area contributed by atoms with Crippen molar-refractivity contribution in [2.75, 3.05) is 18.8 Å². The molecule has 0 unspecified atom stereocenters. The van der Waals surface area contributed by atoms with Gasteiger partial charge in [-0.3, -0.25) is 4.90 Å². The predicted molar refractivity (Wildman–Crippen MR) is 71.5 cm³/mol. The lowest BCUT2D eigenvalue weighted by Gasteiger charge is -2.33. The number of nitrogen functional groups attached to an aromatic ring is 1. The lowest BCUT2D eigenvalue weighted by molar-refractivity contribution is 0.150. The van der Waals surface area contributed by atoms with Crippen LogP contribution in [0.2, 0.25) is 0 Å². The van der Waals surface area contributed by atoms with Crippen molar-refractivity contribution >= 4 is 5.82 Å². The number of piperidine rings is 1. The summed E-state index contributed by atoms with van der Waals surface area (Å²) in [5.41, 5.74) is 6.79. The molecule has 0 amide bonds. The Morgan fingerprint density at radius 1 is 1.35 bits per heavy atom. The molecule has 0 atom stereocenters. The fourth-order valence-electron chi connectivity index (χ4n) is 2.59. The van der Waals surface area contributed by atoms with Crippen LogP contribution in [0, 0.1) is 11.8 Å². The van der Waals surface area contributed by atoms with E-state index in [2.05, 4.69) is 29.8 Å². The maximum absolute atomic E-state index is 5.70. The first-order valence-corrected chi connectivity index (χ1v) is 6.59. The predicted octanol–water partition coefficient (Wildman–Crippen LogP) is 2.53. The van der Waals surface area contributed by atoms with E-state index >= 15 is 0 Å². The van der Waals surface area contributed by atoms with Crippen LogP contribution in [0.3, 0.4) is 0 Å². The van der Waals surface area contributed by atoms with E-state index in [0.717, 1.165) is 24.1 Å². The summed E-state index contributed by atoms with van der Waals surface area (Å²) in [6, 6.07) is 5.89. The zero-order chi connectivity index (χ0) is 12.3. The van der Waals surface area contributed by atoms with Gasteiger partial charge in [-0.1, -0.05) is 19.9 Å². The molecule has 0 aliphatic carbocycles. The molecule has 0 aromatic carbocycles. The Bertz CT molecular complexity index is 354. The number of aromatic nitrogens is 1. The molecule has 0 saturated carbocycles. The van der Waals surface area contributed by atoms with Crippen LogP contribution in [-0.2, 0) is 6.54 Å². The number of rotatable bonds is 3. The molecular formula is C14H23N3. The van der Waals surface area contributed by atoms with Crippen LogP contribution in [0.25, 0.3) is 0 Å². The van der Waals surface area contributed by atoms with Gasteiger partial charge >= 0.3 is 0 Å². The minimum atomic E-state index is 0.625. The van der Waals surface area contributed by atoms with E-state index in [4.69, 9.17) is 5.73 Å². The highest BCUT2D eigenvalue weighted by Gasteiger charge is 2.21. The van der Waals surface area contributed by atoms with E-state index in [9.17, 15) is 0 Å². The smallest absolute Gasteiger partial charge is 0.123 e. The quantitative estimate of drug-likeness (QED) is 0.872. The largest absolute Gasteiger partial charge is 0.384 e. The standard InChI is InChI=1S/C14H23N3/c1-11(2)12-6-8-17(9-7-12)10-13-4-3-5-14(15)16-13/h3-5,11-12H,6-10H2,1-2H3,(H2,15,16). The molecule has 2 rings (SSSR count). The number of likely N-dealkylation sites (tertiary alicyclic amines) is 1. The Hall–Kier alpha value is -1.09. The fraction of sp³-hybridized carbons (Fsp3) is 0.643. The molecule has 1 aromatic heterocycles. The van der Waals surface area contributed by atoms with Gasteiger partial charge in [0.15, 0.2) is 0 Å². The molecule has 1 aliphatic rings. The highest BCUT2D eigenvalue weighted by molar-refractivity contribution is 5.28. The van der Waals surface area contributed by atoms with Gasteiger partial charge in [0, 0.05) is 6.54 Å². The Labute approximate surface area is 104 Å². The summed E-state index contributed by atoms with van der Waals surface area (Å²) in [5, 5.41) is 0. The molecule has 3 heteroatoms. The second-order valence-electron chi connectivity index (χ2n) is 5.41. The van der Waals surface area contributed by atoms with Crippen molar-refractivity contribution < 1.29 is 0 Å². The summed E-state index contributed by atoms with van der Waals surface area (Å²) >= 11 is 0. The van der Waals surface area contributed by atoms with E-state index < -0.39 is 0 Å². The molecule has 2 N–H and O–H groups in total. The van der Waals surface area contributed by atoms with E-state index in [-0.39, 0.29) is 0 Å². The van der Waals surface area contributed by atoms with Gasteiger partial charge in [0.25, 0.3) is 0 Å². The number of hydrogen-bond donors (Lipinski definition) is 1. The van der Waals surface area contributed by atoms with E-state index in [1.807, 2.05) is 12.1 Å². The van der Waals surface area contributed by atoms with Crippen LogP contribution in [0.5, 0.6) is 0 Å². The van der Waals surface area contributed by atoms with Crippen molar-refractivity contribution in [3.63, 3.8) is 0 Å². The monoisotopic (exact) mass is 233 g/mol. The normalized spacial score (nSPS) is 18.8. The average Bonchev–Trinajstić information content (AvgIpc) is 2.29. The van der Waals surface area contributed by atoms with E-state index in [1.54, 1.807) is 0 Å². The van der Waals surface area contributed by atoms with Crippen LogP contribution >= 0.6 is 0 Å². The first-order chi connectivity index (χ1) is 8.15. The minimum absolute atomic E-state index is 0.625. The molecule has 94 valence electrons. The molecule has 3 nitrogen and oxygen atoms in total. The van der Waals surface area contributed by atoms with Gasteiger partial charge in [-0.25, -0.2) is 4.98 Å². The summed E-state index contributed by atoms with van der Waals surface area (Å²) in [7, 11) is 0. The Morgan fingerprint density at radius 2 is 2.06 bits per heavy atom. The lowest BCUT2D eigenvalue weighted by atomic mass is 9.87. The van der Waals surface area contributed by atoms with E-state index in [0.29, 0.717) is 5.82 Å². The maximum atomic E-state index is 5.70. The highest BCUT2D eigenvalue weighted by Crippen LogP contribution is 2.25. The van der Waals surface area contributed by atoms with Crippen LogP contribution in [0.1, 0.15) is 32.4 Å². The maximum Gasteiger partial charge on any atom is 0.123 e. The molecule has 17 heavy (non-hydrogen) atoms. The van der Waals surface area contributed by atoms with Gasteiger partial charge in [0.2, 0.25) is 0 Å². The third kappa shape index (κ3) is 3.43. The Balaban J connectivity index is 1.86. The number of pyridine rings is 1. The third-order valence-corrected chi connectivity index (χ3v) is 3.79. The number of nitrogens with zero attached hydrogens (tertiary/aromatic N) is 2. The van der Waals surface area contributed by atoms with E-state index in [1.165, 1.54) is 25.9 Å². The SMILES string of the molecule is CC(C)C1CCN(Cc2cccc(N)n2)CC1. The minimum Gasteiger partial charge on any atom is -0.384 e. The van der Waals surface area contributed by atoms with Crippen LogP contribution in [0.4, 0.5) is 5.82 Å². The summed E-state index contributed by atoms with van der Waals surface area (Å²) in [4.78, 5) is 6.84. The van der Waals surface area contributed by atoms with Gasteiger partial charge in [-0.2, -0.15) is 0 Å². The first-order valence-electron chi connectivity index (χ1n) is 6.59. The number of nitrogens with two attached hydrogens (primary N) is 1. The Morgan fingerprint density at radius 3 is 2.65 bits per heavy atom. The molecular weight excluding hydrogens is 210 g/mol. The fourth-order valence-corrected chi connectivity index (χ4v) is 2.59. The van der Waals surface area contributed by atoms with Gasteiger partial charge in [0.05, 0.1) is 5.69 Å². The summed E-state index contributed by atoms with van der Waals surface area (Å²) in [6.45, 7) is 7.99. The average molecular weight is 233 g/mol.